The van der Waals surface area contributed by atoms with Crippen molar-refractivity contribution in [2.75, 3.05) is 26.7 Å². The minimum absolute atomic E-state index is 0. The normalized spacial score (nSPS) is 19.8. The molecule has 21 heavy (non-hydrogen) atoms. The van der Waals surface area contributed by atoms with Crippen LogP contribution in [0.4, 0.5) is 0 Å². The molecule has 0 spiro atoms. The van der Waals surface area contributed by atoms with E-state index in [1.807, 2.05) is 36.1 Å². The lowest BCUT2D eigenvalue weighted by Gasteiger charge is -2.38. The van der Waals surface area contributed by atoms with Gasteiger partial charge in [0.25, 0.3) is 5.91 Å². The van der Waals surface area contributed by atoms with Crippen molar-refractivity contribution in [1.82, 2.24) is 10.2 Å². The number of rotatable bonds is 4. The molecule has 1 heterocycles. The molecule has 1 saturated heterocycles. The minimum Gasteiger partial charge on any atom is -0.372 e. The Balaban J connectivity index is 0.00000220. The van der Waals surface area contributed by atoms with E-state index in [1.165, 1.54) is 0 Å². The highest BCUT2D eigenvalue weighted by atomic mass is 35.5. The van der Waals surface area contributed by atoms with Crippen LogP contribution in [-0.4, -0.2) is 43.7 Å². The molecule has 0 saturated carbocycles. The fourth-order valence-corrected chi connectivity index (χ4v) is 2.88. The average molecular weight is 333 g/mol. The summed E-state index contributed by atoms with van der Waals surface area (Å²) in [4.78, 5) is 14.5. The van der Waals surface area contributed by atoms with Crippen molar-refractivity contribution in [2.24, 2.45) is 0 Å². The van der Waals surface area contributed by atoms with E-state index in [2.05, 4.69) is 5.32 Å². The Kier molecular flexibility index (Phi) is 7.46. The molecule has 1 aromatic carbocycles. The number of benzene rings is 1. The maximum atomic E-state index is 12.6. The van der Waals surface area contributed by atoms with Crippen LogP contribution in [0.25, 0.3) is 0 Å². The number of methoxy groups -OCH3 is 1. The van der Waals surface area contributed by atoms with Gasteiger partial charge in [-0.1, -0.05) is 36.7 Å². The Morgan fingerprint density at radius 1 is 1.52 bits per heavy atom. The highest BCUT2D eigenvalue weighted by Gasteiger charge is 2.32. The second-order valence-corrected chi connectivity index (χ2v) is 5.31. The quantitative estimate of drug-likeness (QED) is 0.921. The average Bonchev–Trinajstić information content (AvgIpc) is 2.49. The number of nitrogens with one attached hydrogen (secondary N) is 1. The fraction of sp³-hybridized carbons (Fsp3) is 0.533. The molecular weight excluding hydrogens is 311 g/mol. The van der Waals surface area contributed by atoms with E-state index in [0.29, 0.717) is 18.0 Å². The predicted octanol–water partition coefficient (Wildman–Crippen LogP) is 2.66. The summed E-state index contributed by atoms with van der Waals surface area (Å²) in [7, 11) is 1.58. The van der Waals surface area contributed by atoms with Crippen molar-refractivity contribution in [2.45, 2.75) is 25.5 Å². The van der Waals surface area contributed by atoms with Crippen molar-refractivity contribution < 1.29 is 9.53 Å². The third-order valence-electron chi connectivity index (χ3n) is 3.72. The molecule has 1 amide bonds. The molecule has 2 atom stereocenters. The van der Waals surface area contributed by atoms with E-state index in [0.717, 1.165) is 18.7 Å². The molecule has 1 N–H and O–H groups in total. The van der Waals surface area contributed by atoms with Crippen LogP contribution in [0.5, 0.6) is 0 Å². The molecule has 0 aliphatic carbocycles. The van der Waals surface area contributed by atoms with Gasteiger partial charge in [-0.15, -0.1) is 12.4 Å². The monoisotopic (exact) mass is 332 g/mol. The second-order valence-electron chi connectivity index (χ2n) is 4.91. The molecule has 0 aromatic heterocycles. The molecule has 118 valence electrons. The summed E-state index contributed by atoms with van der Waals surface area (Å²) in [5.74, 6) is 0.0430. The Morgan fingerprint density at radius 3 is 2.86 bits per heavy atom. The van der Waals surface area contributed by atoms with Crippen molar-refractivity contribution in [3.63, 3.8) is 0 Å². The van der Waals surface area contributed by atoms with Gasteiger partial charge >= 0.3 is 0 Å². The molecule has 1 aromatic rings. The Labute approximate surface area is 137 Å². The highest BCUT2D eigenvalue weighted by molar-refractivity contribution is 6.31. The van der Waals surface area contributed by atoms with Crippen molar-refractivity contribution in [3.8, 4) is 0 Å². The number of halogens is 2. The lowest BCUT2D eigenvalue weighted by atomic mass is 10.0. The van der Waals surface area contributed by atoms with E-state index in [4.69, 9.17) is 16.3 Å². The fourth-order valence-electron chi connectivity index (χ4n) is 2.62. The van der Waals surface area contributed by atoms with Gasteiger partial charge in [-0.3, -0.25) is 4.79 Å². The standard InChI is InChI=1S/C15H21ClN2O2.ClH/c1-3-14(20-2)15(19)18-9-8-17-10-13(18)11-6-4-5-7-12(11)16;/h4-7,13-14,17H,3,8-10H2,1-2H3;1H. The number of carbonyl (C=O) groups is 1. The largest absolute Gasteiger partial charge is 0.372 e. The van der Waals surface area contributed by atoms with E-state index in [1.54, 1.807) is 7.11 Å². The first-order valence-corrected chi connectivity index (χ1v) is 7.35. The van der Waals surface area contributed by atoms with Crippen LogP contribution in [0.2, 0.25) is 5.02 Å². The van der Waals surface area contributed by atoms with Crippen LogP contribution in [0, 0.1) is 0 Å². The topological polar surface area (TPSA) is 41.6 Å². The molecule has 6 heteroatoms. The van der Waals surface area contributed by atoms with Crippen molar-refractivity contribution in [3.05, 3.63) is 34.9 Å². The molecular formula is C15H22Cl2N2O2. The molecule has 1 aliphatic heterocycles. The van der Waals surface area contributed by atoms with E-state index >= 15 is 0 Å². The molecule has 0 bridgehead atoms. The van der Waals surface area contributed by atoms with Gasteiger partial charge in [-0.2, -0.15) is 0 Å². The molecule has 1 fully saturated rings. The second kappa shape index (κ2) is 8.59. The number of amides is 1. The summed E-state index contributed by atoms with van der Waals surface area (Å²) in [6, 6.07) is 7.66. The van der Waals surface area contributed by atoms with E-state index in [9.17, 15) is 4.79 Å². The number of piperazine rings is 1. The van der Waals surface area contributed by atoms with Gasteiger partial charge in [-0.05, 0) is 18.1 Å². The van der Waals surface area contributed by atoms with Gasteiger partial charge < -0.3 is 15.0 Å². The minimum atomic E-state index is -0.377. The summed E-state index contributed by atoms with van der Waals surface area (Å²) in [5.41, 5.74) is 0.987. The van der Waals surface area contributed by atoms with Crippen molar-refractivity contribution in [1.29, 1.82) is 0 Å². The summed E-state index contributed by atoms with van der Waals surface area (Å²) < 4.78 is 5.28. The van der Waals surface area contributed by atoms with E-state index in [-0.39, 0.29) is 30.5 Å². The Hall–Kier alpha value is -0.810. The van der Waals surface area contributed by atoms with Crippen LogP contribution in [0.15, 0.2) is 24.3 Å². The van der Waals surface area contributed by atoms with Gasteiger partial charge in [0.15, 0.2) is 0 Å². The van der Waals surface area contributed by atoms with Gasteiger partial charge in [0, 0.05) is 31.8 Å². The van der Waals surface area contributed by atoms with Crippen LogP contribution >= 0.6 is 24.0 Å². The Morgan fingerprint density at radius 2 is 2.24 bits per heavy atom. The first-order valence-electron chi connectivity index (χ1n) is 6.97. The maximum absolute atomic E-state index is 12.6. The zero-order valence-corrected chi connectivity index (χ0v) is 13.9. The number of ether oxygens (including phenoxy) is 1. The predicted molar refractivity (Wildman–Crippen MR) is 87.1 cm³/mol. The first kappa shape index (κ1) is 18.2. The SMILES string of the molecule is CCC(OC)C(=O)N1CCNCC1c1ccccc1Cl.Cl. The smallest absolute Gasteiger partial charge is 0.252 e. The highest BCUT2D eigenvalue weighted by Crippen LogP contribution is 2.29. The van der Waals surface area contributed by atoms with Gasteiger partial charge in [-0.25, -0.2) is 0 Å². The lowest BCUT2D eigenvalue weighted by molar-refractivity contribution is -0.145. The van der Waals surface area contributed by atoms with Crippen LogP contribution in [0.1, 0.15) is 24.9 Å². The van der Waals surface area contributed by atoms with Gasteiger partial charge in [0.2, 0.25) is 0 Å². The zero-order valence-electron chi connectivity index (χ0n) is 12.3. The Bertz CT molecular complexity index is 467. The first-order chi connectivity index (χ1) is 9.69. The maximum Gasteiger partial charge on any atom is 0.252 e. The molecule has 2 rings (SSSR count). The van der Waals surface area contributed by atoms with Crippen molar-refractivity contribution >= 4 is 29.9 Å². The van der Waals surface area contributed by atoms with Gasteiger partial charge in [0.05, 0.1) is 6.04 Å². The summed E-state index contributed by atoms with van der Waals surface area (Å²) >= 11 is 6.28. The number of nitrogens with zero attached hydrogens (tertiary/aromatic N) is 1. The van der Waals surface area contributed by atoms with Crippen LogP contribution in [-0.2, 0) is 9.53 Å². The molecule has 2 unspecified atom stereocenters. The molecule has 4 nitrogen and oxygen atoms in total. The van der Waals surface area contributed by atoms with Crippen LogP contribution < -0.4 is 5.32 Å². The number of carbonyl (C=O) groups excluding carboxylic acids is 1. The summed E-state index contributed by atoms with van der Waals surface area (Å²) in [5, 5.41) is 4.03. The number of hydrogen-bond donors (Lipinski definition) is 1. The zero-order chi connectivity index (χ0) is 14.5. The molecule has 0 radical (unpaired) electrons. The summed E-state index contributed by atoms with van der Waals surface area (Å²) in [6.45, 7) is 4.15. The number of hydrogen-bond acceptors (Lipinski definition) is 3. The third kappa shape index (κ3) is 4.10. The van der Waals surface area contributed by atoms with Crippen LogP contribution in [0.3, 0.4) is 0 Å². The molecule has 1 aliphatic rings. The van der Waals surface area contributed by atoms with E-state index < -0.39 is 0 Å². The van der Waals surface area contributed by atoms with Gasteiger partial charge in [0.1, 0.15) is 6.10 Å². The summed E-state index contributed by atoms with van der Waals surface area (Å²) in [6.07, 6.45) is 0.298. The lowest BCUT2D eigenvalue weighted by Crippen LogP contribution is -2.52. The third-order valence-corrected chi connectivity index (χ3v) is 4.07.